The Morgan fingerprint density at radius 2 is 1.82 bits per heavy atom. The van der Waals surface area contributed by atoms with Gasteiger partial charge in [-0.25, -0.2) is 0 Å². The molecular weight excluding hydrogens is 208 g/mol. The lowest BCUT2D eigenvalue weighted by molar-refractivity contribution is 0.463. The molecule has 94 valence electrons. The van der Waals surface area contributed by atoms with Crippen LogP contribution in [0.25, 0.3) is 0 Å². The Morgan fingerprint density at radius 1 is 1.12 bits per heavy atom. The minimum Gasteiger partial charge on any atom is -0.269 e. The third-order valence-corrected chi connectivity index (χ3v) is 2.44. The van der Waals surface area contributed by atoms with Crippen molar-refractivity contribution < 1.29 is 0 Å². The zero-order valence-corrected chi connectivity index (χ0v) is 11.6. The number of hydrogen-bond donors (Lipinski definition) is 0. The van der Waals surface area contributed by atoms with E-state index in [2.05, 4.69) is 37.2 Å². The molecule has 0 saturated heterocycles. The molecule has 0 aromatic heterocycles. The molecule has 0 aliphatic heterocycles. The Hall–Kier alpha value is -1.57. The van der Waals surface area contributed by atoms with Crippen LogP contribution in [0.5, 0.6) is 0 Å². The van der Waals surface area contributed by atoms with Gasteiger partial charge in [-0.15, -0.1) is 0 Å². The molecule has 0 rings (SSSR count). The van der Waals surface area contributed by atoms with Crippen LogP contribution >= 0.6 is 0 Å². The highest BCUT2D eigenvalue weighted by atomic mass is 15.4. The van der Waals surface area contributed by atoms with Crippen molar-refractivity contribution in [3.05, 3.63) is 47.7 Å². The quantitative estimate of drug-likeness (QED) is 0.379. The van der Waals surface area contributed by atoms with Crippen LogP contribution in [-0.4, -0.2) is 18.3 Å². The van der Waals surface area contributed by atoms with E-state index in [-0.39, 0.29) is 0 Å². The van der Waals surface area contributed by atoms with Crippen LogP contribution in [-0.2, 0) is 0 Å². The van der Waals surface area contributed by atoms with Gasteiger partial charge in [0.15, 0.2) is 0 Å². The normalized spacial score (nSPS) is 14.4. The second kappa shape index (κ2) is 9.64. The molecule has 0 aromatic rings. The standard InChI is InChI=1S/C15H24N2/c1-6-10-13-16-17(5)15(9-4)12-11-14(7-2)8-3/h6-7,9-13H,8H2,1-5H3/b10-6-,12-11-,14-7-,15-9+,16-13-. The van der Waals surface area contributed by atoms with Crippen LogP contribution < -0.4 is 0 Å². The minimum absolute atomic E-state index is 1.05. The van der Waals surface area contributed by atoms with Crippen LogP contribution in [0.2, 0.25) is 0 Å². The van der Waals surface area contributed by atoms with E-state index in [0.717, 1.165) is 12.1 Å². The van der Waals surface area contributed by atoms with Crippen LogP contribution in [0.15, 0.2) is 52.8 Å². The van der Waals surface area contributed by atoms with Gasteiger partial charge in [0.25, 0.3) is 0 Å². The summed E-state index contributed by atoms with van der Waals surface area (Å²) in [4.78, 5) is 0. The van der Waals surface area contributed by atoms with E-state index >= 15 is 0 Å². The van der Waals surface area contributed by atoms with Crippen LogP contribution in [0.3, 0.4) is 0 Å². The third kappa shape index (κ3) is 6.56. The lowest BCUT2D eigenvalue weighted by atomic mass is 10.1. The molecule has 0 heterocycles. The van der Waals surface area contributed by atoms with Gasteiger partial charge in [0, 0.05) is 13.3 Å². The first-order chi connectivity index (χ1) is 8.19. The highest BCUT2D eigenvalue weighted by Crippen LogP contribution is 2.08. The van der Waals surface area contributed by atoms with E-state index in [1.54, 1.807) is 6.21 Å². The molecule has 2 heteroatoms. The van der Waals surface area contributed by atoms with Crippen molar-refractivity contribution in [1.29, 1.82) is 0 Å². The van der Waals surface area contributed by atoms with Gasteiger partial charge in [-0.3, -0.25) is 5.01 Å². The Labute approximate surface area is 106 Å². The van der Waals surface area contributed by atoms with E-state index < -0.39 is 0 Å². The highest BCUT2D eigenvalue weighted by molar-refractivity contribution is 5.70. The second-order valence-corrected chi connectivity index (χ2v) is 3.58. The second-order valence-electron chi connectivity index (χ2n) is 3.58. The zero-order valence-electron chi connectivity index (χ0n) is 11.6. The van der Waals surface area contributed by atoms with Crippen molar-refractivity contribution in [2.75, 3.05) is 7.05 Å². The van der Waals surface area contributed by atoms with Crippen molar-refractivity contribution in [1.82, 2.24) is 5.01 Å². The SMILES string of the molecule is C/C=C\C=N/N(C)C(/C=C\C(=C/C)CC)=C/C. The predicted octanol–water partition coefficient (Wildman–Crippen LogP) is 4.30. The molecule has 0 atom stereocenters. The van der Waals surface area contributed by atoms with Crippen molar-refractivity contribution in [3.8, 4) is 0 Å². The maximum atomic E-state index is 4.30. The summed E-state index contributed by atoms with van der Waals surface area (Å²) in [5.41, 5.74) is 2.41. The van der Waals surface area contributed by atoms with Crippen LogP contribution in [0.4, 0.5) is 0 Å². The van der Waals surface area contributed by atoms with Crippen molar-refractivity contribution in [3.63, 3.8) is 0 Å². The number of allylic oxidation sites excluding steroid dienone is 7. The van der Waals surface area contributed by atoms with Crippen LogP contribution in [0.1, 0.15) is 34.1 Å². The Balaban J connectivity index is 4.65. The average molecular weight is 232 g/mol. The van der Waals surface area contributed by atoms with Gasteiger partial charge in [-0.1, -0.05) is 36.8 Å². The first-order valence-corrected chi connectivity index (χ1v) is 6.08. The molecule has 0 saturated carbocycles. The lowest BCUT2D eigenvalue weighted by Gasteiger charge is -2.13. The van der Waals surface area contributed by atoms with Gasteiger partial charge < -0.3 is 0 Å². The molecule has 0 spiro atoms. The van der Waals surface area contributed by atoms with Crippen LogP contribution in [0, 0.1) is 0 Å². The zero-order chi connectivity index (χ0) is 13.1. The number of rotatable bonds is 6. The summed E-state index contributed by atoms with van der Waals surface area (Å²) in [6.45, 7) is 8.21. The predicted molar refractivity (Wildman–Crippen MR) is 78.0 cm³/mol. The lowest BCUT2D eigenvalue weighted by Crippen LogP contribution is -2.08. The molecular formula is C15H24N2. The number of nitrogens with zero attached hydrogens (tertiary/aromatic N) is 2. The summed E-state index contributed by atoms with van der Waals surface area (Å²) in [6.07, 6.45) is 15.1. The molecule has 0 fully saturated rings. The monoisotopic (exact) mass is 232 g/mol. The van der Waals surface area contributed by atoms with E-state index in [1.165, 1.54) is 5.57 Å². The van der Waals surface area contributed by atoms with Gasteiger partial charge in [0.1, 0.15) is 0 Å². The Kier molecular flexibility index (Phi) is 8.75. The molecule has 0 aromatic carbocycles. The molecule has 0 aliphatic carbocycles. The summed E-state index contributed by atoms with van der Waals surface area (Å²) in [6, 6.07) is 0. The summed E-state index contributed by atoms with van der Waals surface area (Å²) < 4.78 is 0. The average Bonchev–Trinajstić information content (AvgIpc) is 2.35. The van der Waals surface area contributed by atoms with Gasteiger partial charge in [0.2, 0.25) is 0 Å². The Bertz CT molecular complexity index is 344. The molecule has 0 unspecified atom stereocenters. The van der Waals surface area contributed by atoms with E-state index in [9.17, 15) is 0 Å². The van der Waals surface area contributed by atoms with Crippen molar-refractivity contribution in [2.45, 2.75) is 34.1 Å². The third-order valence-electron chi connectivity index (χ3n) is 2.44. The van der Waals surface area contributed by atoms with Crippen molar-refractivity contribution in [2.24, 2.45) is 5.10 Å². The molecule has 17 heavy (non-hydrogen) atoms. The number of hydrazone groups is 1. The van der Waals surface area contributed by atoms with E-state index in [1.807, 2.05) is 44.1 Å². The summed E-state index contributed by atoms with van der Waals surface area (Å²) in [5, 5.41) is 6.16. The molecule has 0 N–H and O–H groups in total. The summed E-state index contributed by atoms with van der Waals surface area (Å²) in [7, 11) is 1.95. The molecule has 0 amide bonds. The van der Waals surface area contributed by atoms with Gasteiger partial charge in [-0.2, -0.15) is 5.10 Å². The van der Waals surface area contributed by atoms with Crippen molar-refractivity contribution >= 4 is 6.21 Å². The number of likely N-dealkylation sites (N-methyl/N-ethyl adjacent to an activating group) is 1. The fraction of sp³-hybridized carbons (Fsp3) is 0.400. The minimum atomic E-state index is 1.05. The van der Waals surface area contributed by atoms with Gasteiger partial charge >= 0.3 is 0 Å². The topological polar surface area (TPSA) is 15.6 Å². The highest BCUT2D eigenvalue weighted by Gasteiger charge is 1.96. The van der Waals surface area contributed by atoms with E-state index in [0.29, 0.717) is 0 Å². The molecule has 0 radical (unpaired) electrons. The molecule has 0 bridgehead atoms. The largest absolute Gasteiger partial charge is 0.269 e. The molecule has 2 nitrogen and oxygen atoms in total. The summed E-state index contributed by atoms with van der Waals surface area (Å²) >= 11 is 0. The fourth-order valence-corrected chi connectivity index (χ4v) is 1.29. The molecule has 0 aliphatic rings. The smallest absolute Gasteiger partial charge is 0.0548 e. The maximum Gasteiger partial charge on any atom is 0.0548 e. The van der Waals surface area contributed by atoms with Gasteiger partial charge in [-0.05, 0) is 39.3 Å². The maximum absolute atomic E-state index is 4.30. The summed E-state index contributed by atoms with van der Waals surface area (Å²) in [5.74, 6) is 0. The van der Waals surface area contributed by atoms with E-state index in [4.69, 9.17) is 0 Å². The van der Waals surface area contributed by atoms with Gasteiger partial charge in [0.05, 0.1) is 5.70 Å². The first-order valence-electron chi connectivity index (χ1n) is 6.08. The Morgan fingerprint density at radius 3 is 2.29 bits per heavy atom. The fourth-order valence-electron chi connectivity index (χ4n) is 1.29. The number of hydrogen-bond acceptors (Lipinski definition) is 2. The first kappa shape index (κ1) is 15.4.